The molecule has 0 bridgehead atoms. The molecular weight excluding hydrogens is 354 g/mol. The van der Waals surface area contributed by atoms with E-state index in [1.54, 1.807) is 18.5 Å². The highest BCUT2D eigenvalue weighted by Crippen LogP contribution is 2.21. The lowest BCUT2D eigenvalue weighted by molar-refractivity contribution is 0.102. The zero-order valence-electron chi connectivity index (χ0n) is 15.6. The molecule has 1 aromatic carbocycles. The summed E-state index contributed by atoms with van der Waals surface area (Å²) in [5.41, 5.74) is 2.96. The summed E-state index contributed by atoms with van der Waals surface area (Å²) >= 11 is 0. The summed E-state index contributed by atoms with van der Waals surface area (Å²) in [6.45, 7) is 4.88. The zero-order valence-corrected chi connectivity index (χ0v) is 15.6. The summed E-state index contributed by atoms with van der Waals surface area (Å²) in [7, 11) is 0. The second-order valence-corrected chi connectivity index (χ2v) is 6.53. The monoisotopic (exact) mass is 375 g/mol. The summed E-state index contributed by atoms with van der Waals surface area (Å²) in [5.74, 6) is 1.37. The number of aryl methyl sites for hydroxylation is 1. The van der Waals surface area contributed by atoms with Gasteiger partial charge in [-0.2, -0.15) is 0 Å². The molecule has 3 heterocycles. The molecule has 142 valence electrons. The Morgan fingerprint density at radius 2 is 1.96 bits per heavy atom. The molecule has 1 saturated heterocycles. The highest BCUT2D eigenvalue weighted by Gasteiger charge is 2.14. The highest BCUT2D eigenvalue weighted by molar-refractivity contribution is 6.04. The number of anilines is 2. The highest BCUT2D eigenvalue weighted by atomic mass is 16.5. The van der Waals surface area contributed by atoms with Crippen LogP contribution in [0.25, 0.3) is 11.3 Å². The summed E-state index contributed by atoms with van der Waals surface area (Å²) in [5, 5.41) is 2.93. The van der Waals surface area contributed by atoms with Crippen LogP contribution < -0.4 is 10.2 Å². The van der Waals surface area contributed by atoms with Gasteiger partial charge < -0.3 is 15.0 Å². The maximum Gasteiger partial charge on any atom is 0.257 e. The third kappa shape index (κ3) is 4.15. The number of hydrogen-bond acceptors (Lipinski definition) is 6. The van der Waals surface area contributed by atoms with Crippen molar-refractivity contribution in [3.63, 3.8) is 0 Å². The number of nitrogens with one attached hydrogen (secondary N) is 1. The molecule has 7 heteroatoms. The van der Waals surface area contributed by atoms with Crippen molar-refractivity contribution in [2.24, 2.45) is 0 Å². The Labute approximate surface area is 163 Å². The maximum absolute atomic E-state index is 12.6. The second-order valence-electron chi connectivity index (χ2n) is 6.53. The van der Waals surface area contributed by atoms with Gasteiger partial charge in [0.25, 0.3) is 5.91 Å². The first-order chi connectivity index (χ1) is 13.7. The third-order valence-corrected chi connectivity index (χ3v) is 4.54. The molecule has 1 fully saturated rings. The Morgan fingerprint density at radius 3 is 2.71 bits per heavy atom. The van der Waals surface area contributed by atoms with Crippen LogP contribution in [0.5, 0.6) is 0 Å². The van der Waals surface area contributed by atoms with Crippen LogP contribution >= 0.6 is 0 Å². The van der Waals surface area contributed by atoms with Crippen LogP contribution in [0.3, 0.4) is 0 Å². The van der Waals surface area contributed by atoms with E-state index in [0.29, 0.717) is 30.3 Å². The van der Waals surface area contributed by atoms with Crippen molar-refractivity contribution in [3.05, 3.63) is 66.2 Å². The standard InChI is InChI=1S/C21H21N5O2/c1-15-22-8-7-19(24-15)16-3-2-4-18(13-16)25-21(27)17-5-6-20(23-14-17)26-9-11-28-12-10-26/h2-8,13-14H,9-12H2,1H3,(H,25,27). The van der Waals surface area contributed by atoms with Crippen LogP contribution in [-0.2, 0) is 4.74 Å². The average Bonchev–Trinajstić information content (AvgIpc) is 2.75. The molecule has 0 radical (unpaired) electrons. The number of aromatic nitrogens is 3. The van der Waals surface area contributed by atoms with E-state index >= 15 is 0 Å². The Kier molecular flexibility index (Phi) is 5.25. The number of benzene rings is 1. The zero-order chi connectivity index (χ0) is 19.3. The Morgan fingerprint density at radius 1 is 1.11 bits per heavy atom. The van der Waals surface area contributed by atoms with Crippen LogP contribution in [0.1, 0.15) is 16.2 Å². The van der Waals surface area contributed by atoms with E-state index in [-0.39, 0.29) is 5.91 Å². The predicted octanol–water partition coefficient (Wildman–Crippen LogP) is 2.94. The van der Waals surface area contributed by atoms with Crippen molar-refractivity contribution in [3.8, 4) is 11.3 Å². The quantitative estimate of drug-likeness (QED) is 0.755. The Hall–Kier alpha value is -3.32. The van der Waals surface area contributed by atoms with E-state index in [1.807, 2.05) is 43.3 Å². The molecule has 0 atom stereocenters. The van der Waals surface area contributed by atoms with Gasteiger partial charge in [0, 0.05) is 36.7 Å². The van der Waals surface area contributed by atoms with Gasteiger partial charge in [0.15, 0.2) is 0 Å². The SMILES string of the molecule is Cc1nccc(-c2cccc(NC(=O)c3ccc(N4CCOCC4)nc3)c2)n1. The molecule has 28 heavy (non-hydrogen) atoms. The van der Waals surface area contributed by atoms with E-state index in [4.69, 9.17) is 4.74 Å². The smallest absolute Gasteiger partial charge is 0.257 e. The van der Waals surface area contributed by atoms with Gasteiger partial charge in [0.2, 0.25) is 0 Å². The van der Waals surface area contributed by atoms with Gasteiger partial charge in [-0.1, -0.05) is 12.1 Å². The number of pyridine rings is 1. The van der Waals surface area contributed by atoms with E-state index < -0.39 is 0 Å². The van der Waals surface area contributed by atoms with E-state index in [1.165, 1.54) is 0 Å². The molecule has 0 saturated carbocycles. The third-order valence-electron chi connectivity index (χ3n) is 4.54. The molecule has 3 aromatic rings. The minimum Gasteiger partial charge on any atom is -0.378 e. The first kappa shape index (κ1) is 18.1. The van der Waals surface area contributed by atoms with E-state index in [9.17, 15) is 4.79 Å². The predicted molar refractivity (Wildman–Crippen MR) is 107 cm³/mol. The minimum absolute atomic E-state index is 0.197. The molecule has 1 aliphatic rings. The first-order valence-corrected chi connectivity index (χ1v) is 9.19. The van der Waals surface area contributed by atoms with Crippen LogP contribution in [0, 0.1) is 6.92 Å². The fourth-order valence-electron chi connectivity index (χ4n) is 3.08. The van der Waals surface area contributed by atoms with Crippen LogP contribution in [-0.4, -0.2) is 47.2 Å². The molecule has 0 aliphatic carbocycles. The normalized spacial score (nSPS) is 14.0. The van der Waals surface area contributed by atoms with Crippen LogP contribution in [0.2, 0.25) is 0 Å². The van der Waals surface area contributed by atoms with E-state index in [2.05, 4.69) is 25.2 Å². The summed E-state index contributed by atoms with van der Waals surface area (Å²) in [6, 6.07) is 13.1. The van der Waals surface area contributed by atoms with Crippen molar-refractivity contribution < 1.29 is 9.53 Å². The van der Waals surface area contributed by atoms with Gasteiger partial charge >= 0.3 is 0 Å². The number of hydrogen-bond donors (Lipinski definition) is 1. The van der Waals surface area contributed by atoms with Gasteiger partial charge in [-0.25, -0.2) is 15.0 Å². The van der Waals surface area contributed by atoms with Crippen molar-refractivity contribution >= 4 is 17.4 Å². The van der Waals surface area contributed by atoms with Crippen molar-refractivity contribution in [2.45, 2.75) is 6.92 Å². The lowest BCUT2D eigenvalue weighted by atomic mass is 10.1. The molecule has 4 rings (SSSR count). The van der Waals surface area contributed by atoms with Crippen LogP contribution in [0.15, 0.2) is 54.9 Å². The molecule has 1 amide bonds. The largest absolute Gasteiger partial charge is 0.378 e. The number of rotatable bonds is 4. The number of nitrogens with zero attached hydrogens (tertiary/aromatic N) is 4. The first-order valence-electron chi connectivity index (χ1n) is 9.19. The maximum atomic E-state index is 12.6. The lowest BCUT2D eigenvalue weighted by Gasteiger charge is -2.27. The second kappa shape index (κ2) is 8.14. The summed E-state index contributed by atoms with van der Waals surface area (Å²) in [6.07, 6.45) is 3.34. The molecule has 0 unspecified atom stereocenters. The molecule has 7 nitrogen and oxygen atoms in total. The molecule has 1 N–H and O–H groups in total. The van der Waals surface area contributed by atoms with Gasteiger partial charge in [0.1, 0.15) is 11.6 Å². The van der Waals surface area contributed by atoms with Gasteiger partial charge in [0.05, 0.1) is 24.5 Å². The molecule has 0 spiro atoms. The molecular formula is C21H21N5O2. The van der Waals surface area contributed by atoms with E-state index in [0.717, 1.165) is 30.2 Å². The fraction of sp³-hybridized carbons (Fsp3) is 0.238. The van der Waals surface area contributed by atoms with Gasteiger partial charge in [-0.05, 0) is 37.3 Å². The molecule has 2 aromatic heterocycles. The Bertz CT molecular complexity index is 969. The van der Waals surface area contributed by atoms with Gasteiger partial charge in [-0.15, -0.1) is 0 Å². The number of amides is 1. The summed E-state index contributed by atoms with van der Waals surface area (Å²) in [4.78, 5) is 27.7. The fourth-order valence-corrected chi connectivity index (χ4v) is 3.08. The minimum atomic E-state index is -0.197. The molecule has 1 aliphatic heterocycles. The Balaban J connectivity index is 1.47. The summed E-state index contributed by atoms with van der Waals surface area (Å²) < 4.78 is 5.36. The number of carbonyl (C=O) groups excluding carboxylic acids is 1. The van der Waals surface area contributed by atoms with Crippen molar-refractivity contribution in [1.29, 1.82) is 0 Å². The number of ether oxygens (including phenoxy) is 1. The van der Waals surface area contributed by atoms with Crippen molar-refractivity contribution in [1.82, 2.24) is 15.0 Å². The van der Waals surface area contributed by atoms with Crippen molar-refractivity contribution in [2.75, 3.05) is 36.5 Å². The van der Waals surface area contributed by atoms with Crippen LogP contribution in [0.4, 0.5) is 11.5 Å². The number of carbonyl (C=O) groups is 1. The average molecular weight is 375 g/mol. The number of morpholine rings is 1. The lowest BCUT2D eigenvalue weighted by Crippen LogP contribution is -2.36. The topological polar surface area (TPSA) is 80.2 Å². The van der Waals surface area contributed by atoms with Gasteiger partial charge in [-0.3, -0.25) is 4.79 Å².